The second kappa shape index (κ2) is 10.8. The van der Waals surface area contributed by atoms with E-state index in [2.05, 4.69) is 51.7 Å². The smallest absolute Gasteiger partial charge is 0.191 e. The molecule has 1 aliphatic rings. The van der Waals surface area contributed by atoms with E-state index in [1.165, 1.54) is 43.2 Å². The summed E-state index contributed by atoms with van der Waals surface area (Å²) in [4.78, 5) is 6.85. The number of piperidine rings is 1. The van der Waals surface area contributed by atoms with Gasteiger partial charge < -0.3 is 10.6 Å². The highest BCUT2D eigenvalue weighted by atomic mass is 32.2. The second-order valence-corrected chi connectivity index (χ2v) is 10.2. The highest BCUT2D eigenvalue weighted by molar-refractivity contribution is 7.90. The van der Waals surface area contributed by atoms with Crippen molar-refractivity contribution < 1.29 is 8.42 Å². The zero-order valence-corrected chi connectivity index (χ0v) is 18.6. The molecule has 2 rings (SSSR count). The van der Waals surface area contributed by atoms with E-state index in [0.29, 0.717) is 25.0 Å². The first kappa shape index (κ1) is 22.7. The van der Waals surface area contributed by atoms with Gasteiger partial charge >= 0.3 is 0 Å². The van der Waals surface area contributed by atoms with Crippen molar-refractivity contribution in [2.24, 2.45) is 4.99 Å². The van der Waals surface area contributed by atoms with Crippen LogP contribution >= 0.6 is 0 Å². The van der Waals surface area contributed by atoms with E-state index in [0.717, 1.165) is 6.54 Å². The molecular formula is C21H36N4O2S. The first-order chi connectivity index (χ1) is 13.3. The van der Waals surface area contributed by atoms with E-state index in [9.17, 15) is 8.42 Å². The van der Waals surface area contributed by atoms with Gasteiger partial charge in [0.1, 0.15) is 9.84 Å². The molecule has 1 heterocycles. The lowest BCUT2D eigenvalue weighted by molar-refractivity contribution is 0.152. The van der Waals surface area contributed by atoms with Crippen LogP contribution in [-0.2, 0) is 22.9 Å². The minimum atomic E-state index is -2.95. The summed E-state index contributed by atoms with van der Waals surface area (Å²) in [6.07, 6.45) is 5.73. The summed E-state index contributed by atoms with van der Waals surface area (Å²) in [6.45, 7) is 7.14. The summed E-state index contributed by atoms with van der Waals surface area (Å²) in [5.41, 5.74) is 2.62. The van der Waals surface area contributed by atoms with E-state index in [1.807, 2.05) is 6.92 Å². The molecule has 0 aliphatic carbocycles. The molecule has 1 aliphatic heterocycles. The molecule has 0 radical (unpaired) electrons. The summed E-state index contributed by atoms with van der Waals surface area (Å²) in [5.74, 6) is 0.872. The number of hydrogen-bond donors (Lipinski definition) is 2. The molecule has 6 nitrogen and oxygen atoms in total. The maximum atomic E-state index is 11.3. The Morgan fingerprint density at radius 2 is 2.00 bits per heavy atom. The van der Waals surface area contributed by atoms with Gasteiger partial charge in [-0.2, -0.15) is 0 Å². The van der Waals surface area contributed by atoms with Crippen LogP contribution in [0.1, 0.15) is 50.7 Å². The molecule has 0 spiro atoms. The lowest BCUT2D eigenvalue weighted by Crippen LogP contribution is -2.42. The third kappa shape index (κ3) is 7.80. The minimum Gasteiger partial charge on any atom is -0.354 e. The molecule has 0 bridgehead atoms. The third-order valence-corrected chi connectivity index (χ3v) is 6.38. The van der Waals surface area contributed by atoms with Crippen LogP contribution in [0.5, 0.6) is 0 Å². The van der Waals surface area contributed by atoms with Crippen molar-refractivity contribution in [2.75, 3.05) is 25.6 Å². The summed E-state index contributed by atoms with van der Waals surface area (Å²) >= 11 is 0. The Labute approximate surface area is 170 Å². The molecule has 1 fully saturated rings. The first-order valence-electron chi connectivity index (χ1n) is 10.2. The van der Waals surface area contributed by atoms with E-state index in [-0.39, 0.29) is 11.8 Å². The molecule has 0 saturated carbocycles. The number of rotatable bonds is 8. The minimum absolute atomic E-state index is 0.0327. The van der Waals surface area contributed by atoms with Crippen molar-refractivity contribution in [3.63, 3.8) is 0 Å². The molecule has 158 valence electrons. The van der Waals surface area contributed by atoms with E-state index in [1.54, 1.807) is 7.05 Å². The van der Waals surface area contributed by atoms with Gasteiger partial charge in [0.05, 0.1) is 5.75 Å². The molecule has 0 amide bonds. The zero-order chi connectivity index (χ0) is 20.6. The molecule has 2 N–H and O–H groups in total. The Hall–Kier alpha value is -1.60. The lowest BCUT2D eigenvalue weighted by Gasteiger charge is -2.33. The monoisotopic (exact) mass is 408 g/mol. The van der Waals surface area contributed by atoms with Crippen molar-refractivity contribution in [1.29, 1.82) is 0 Å². The quantitative estimate of drug-likeness (QED) is 0.511. The fourth-order valence-electron chi connectivity index (χ4n) is 3.57. The number of aliphatic imine (C=N–C) groups is 1. The number of benzene rings is 1. The molecule has 0 aromatic heterocycles. The molecule has 1 saturated heterocycles. The Balaban J connectivity index is 1.92. The van der Waals surface area contributed by atoms with Crippen LogP contribution in [0.2, 0.25) is 0 Å². The molecular weight excluding hydrogens is 372 g/mol. The van der Waals surface area contributed by atoms with Crippen molar-refractivity contribution in [2.45, 2.75) is 64.7 Å². The van der Waals surface area contributed by atoms with Gasteiger partial charge in [0.15, 0.2) is 5.96 Å². The zero-order valence-electron chi connectivity index (χ0n) is 17.7. The predicted molar refractivity (Wildman–Crippen MR) is 117 cm³/mol. The van der Waals surface area contributed by atoms with Gasteiger partial charge in [0.2, 0.25) is 0 Å². The second-order valence-electron chi connectivity index (χ2n) is 7.97. The molecule has 2 atom stereocenters. The average Bonchev–Trinajstić information content (AvgIpc) is 2.65. The number of nitrogens with one attached hydrogen (secondary N) is 2. The normalized spacial score (nSPS) is 20.0. The van der Waals surface area contributed by atoms with Crippen molar-refractivity contribution in [1.82, 2.24) is 15.5 Å². The summed E-state index contributed by atoms with van der Waals surface area (Å²) < 4.78 is 22.7. The van der Waals surface area contributed by atoms with Gasteiger partial charge in [-0.1, -0.05) is 30.7 Å². The molecule has 28 heavy (non-hydrogen) atoms. The Kier molecular flexibility index (Phi) is 8.76. The lowest BCUT2D eigenvalue weighted by atomic mass is 10.0. The SMILES string of the molecule is CN=C(NCc1ccccc1CN1CCCCC1C)NC(C)CCS(C)(=O)=O. The van der Waals surface area contributed by atoms with Crippen LogP contribution in [0.4, 0.5) is 0 Å². The van der Waals surface area contributed by atoms with Gasteiger partial charge in [0.25, 0.3) is 0 Å². The van der Waals surface area contributed by atoms with Crippen molar-refractivity contribution in [3.05, 3.63) is 35.4 Å². The molecule has 7 heteroatoms. The van der Waals surface area contributed by atoms with Gasteiger partial charge in [-0.3, -0.25) is 9.89 Å². The average molecular weight is 409 g/mol. The van der Waals surface area contributed by atoms with Crippen LogP contribution in [0, 0.1) is 0 Å². The van der Waals surface area contributed by atoms with Gasteiger partial charge in [-0.05, 0) is 50.8 Å². The number of hydrogen-bond acceptors (Lipinski definition) is 4. The first-order valence-corrected chi connectivity index (χ1v) is 12.3. The summed E-state index contributed by atoms with van der Waals surface area (Å²) in [5, 5.41) is 6.65. The van der Waals surface area contributed by atoms with Crippen LogP contribution < -0.4 is 10.6 Å². The fourth-order valence-corrected chi connectivity index (χ4v) is 4.35. The highest BCUT2D eigenvalue weighted by Crippen LogP contribution is 2.20. The largest absolute Gasteiger partial charge is 0.354 e. The molecule has 1 aromatic carbocycles. The van der Waals surface area contributed by atoms with Crippen LogP contribution in [-0.4, -0.2) is 57.0 Å². The Morgan fingerprint density at radius 3 is 2.64 bits per heavy atom. The van der Waals surface area contributed by atoms with Crippen molar-refractivity contribution >= 4 is 15.8 Å². The number of nitrogens with zero attached hydrogens (tertiary/aromatic N) is 2. The number of sulfone groups is 1. The van der Waals surface area contributed by atoms with Crippen LogP contribution in [0.15, 0.2) is 29.3 Å². The van der Waals surface area contributed by atoms with Gasteiger partial charge in [-0.25, -0.2) is 8.42 Å². The topological polar surface area (TPSA) is 73.8 Å². The third-order valence-electron chi connectivity index (χ3n) is 5.41. The molecule has 2 unspecified atom stereocenters. The fraction of sp³-hybridized carbons (Fsp3) is 0.667. The van der Waals surface area contributed by atoms with E-state index in [4.69, 9.17) is 0 Å². The standard InChI is InChI=1S/C21H36N4O2S/c1-17(12-14-28(4,26)27)24-21(22-3)23-15-19-10-5-6-11-20(19)16-25-13-8-7-9-18(25)2/h5-6,10-11,17-18H,7-9,12-16H2,1-4H3,(H2,22,23,24). The maximum Gasteiger partial charge on any atom is 0.191 e. The maximum absolute atomic E-state index is 11.3. The van der Waals surface area contributed by atoms with Crippen LogP contribution in [0.25, 0.3) is 0 Å². The van der Waals surface area contributed by atoms with E-state index < -0.39 is 9.84 Å². The predicted octanol–water partition coefficient (Wildman–Crippen LogP) is 2.55. The molecule has 1 aromatic rings. The number of likely N-dealkylation sites (tertiary alicyclic amines) is 1. The van der Waals surface area contributed by atoms with Crippen LogP contribution in [0.3, 0.4) is 0 Å². The van der Waals surface area contributed by atoms with Gasteiger partial charge in [0, 0.05) is 38.5 Å². The van der Waals surface area contributed by atoms with E-state index >= 15 is 0 Å². The Bertz CT molecular complexity index is 749. The summed E-state index contributed by atoms with van der Waals surface area (Å²) in [6, 6.07) is 9.23. The van der Waals surface area contributed by atoms with Gasteiger partial charge in [-0.15, -0.1) is 0 Å². The number of guanidine groups is 1. The Morgan fingerprint density at radius 1 is 1.29 bits per heavy atom. The highest BCUT2D eigenvalue weighted by Gasteiger charge is 2.19. The van der Waals surface area contributed by atoms with Crippen molar-refractivity contribution in [3.8, 4) is 0 Å². The summed E-state index contributed by atoms with van der Waals surface area (Å²) in [7, 11) is -1.21.